The van der Waals surface area contributed by atoms with Crippen LogP contribution in [-0.2, 0) is 14.3 Å². The average Bonchev–Trinajstić information content (AvgIpc) is 2.74. The van der Waals surface area contributed by atoms with Crippen LogP contribution in [0.3, 0.4) is 0 Å². The molecule has 0 aromatic rings. The van der Waals surface area contributed by atoms with E-state index in [1.54, 1.807) is 19.3 Å². The SMILES string of the molecule is CC1=C[C@H](O/C=C(C)\C=C\C2=CCCCC2(C)C)OC1=O. The van der Waals surface area contributed by atoms with Gasteiger partial charge in [0, 0.05) is 11.6 Å². The molecule has 114 valence electrons. The molecule has 2 aliphatic rings. The van der Waals surface area contributed by atoms with Crippen molar-refractivity contribution >= 4 is 5.97 Å². The Bertz CT molecular complexity index is 533. The first-order valence-corrected chi connectivity index (χ1v) is 7.49. The molecular formula is C18H24O3. The van der Waals surface area contributed by atoms with E-state index in [-0.39, 0.29) is 11.4 Å². The highest BCUT2D eigenvalue weighted by atomic mass is 16.7. The van der Waals surface area contributed by atoms with Gasteiger partial charge in [0.25, 0.3) is 6.29 Å². The molecule has 0 saturated carbocycles. The number of hydrogen-bond acceptors (Lipinski definition) is 3. The fraction of sp³-hybridized carbons (Fsp3) is 0.500. The quantitative estimate of drug-likeness (QED) is 0.436. The maximum absolute atomic E-state index is 11.2. The number of ether oxygens (including phenoxy) is 2. The van der Waals surface area contributed by atoms with Crippen LogP contribution >= 0.6 is 0 Å². The van der Waals surface area contributed by atoms with Crippen molar-refractivity contribution in [2.75, 3.05) is 0 Å². The van der Waals surface area contributed by atoms with Crippen LogP contribution in [-0.4, -0.2) is 12.3 Å². The Morgan fingerprint density at radius 3 is 2.86 bits per heavy atom. The van der Waals surface area contributed by atoms with E-state index in [9.17, 15) is 4.79 Å². The molecule has 0 aromatic heterocycles. The zero-order chi connectivity index (χ0) is 15.5. The molecule has 0 fully saturated rings. The lowest BCUT2D eigenvalue weighted by Gasteiger charge is -2.30. The zero-order valence-electron chi connectivity index (χ0n) is 13.3. The largest absolute Gasteiger partial charge is 0.458 e. The van der Waals surface area contributed by atoms with Crippen LogP contribution in [0.25, 0.3) is 0 Å². The molecule has 1 heterocycles. The summed E-state index contributed by atoms with van der Waals surface area (Å²) in [6, 6.07) is 0. The molecular weight excluding hydrogens is 264 g/mol. The minimum atomic E-state index is -0.591. The molecule has 1 aliphatic heterocycles. The second kappa shape index (κ2) is 6.33. The number of hydrogen-bond donors (Lipinski definition) is 0. The summed E-state index contributed by atoms with van der Waals surface area (Å²) in [4.78, 5) is 11.2. The zero-order valence-corrected chi connectivity index (χ0v) is 13.3. The summed E-state index contributed by atoms with van der Waals surface area (Å²) >= 11 is 0. The summed E-state index contributed by atoms with van der Waals surface area (Å²) in [6.45, 7) is 8.26. The van der Waals surface area contributed by atoms with Gasteiger partial charge in [-0.1, -0.05) is 32.1 Å². The normalized spacial score (nSPS) is 25.6. The van der Waals surface area contributed by atoms with Crippen LogP contribution in [0.15, 0.2) is 47.3 Å². The number of carbonyl (C=O) groups excluding carboxylic acids is 1. The van der Waals surface area contributed by atoms with Crippen molar-refractivity contribution in [3.63, 3.8) is 0 Å². The maximum atomic E-state index is 11.2. The Morgan fingerprint density at radius 1 is 1.48 bits per heavy atom. The van der Waals surface area contributed by atoms with E-state index in [4.69, 9.17) is 9.47 Å². The van der Waals surface area contributed by atoms with E-state index < -0.39 is 6.29 Å². The van der Waals surface area contributed by atoms with Crippen molar-refractivity contribution in [3.05, 3.63) is 47.3 Å². The number of carbonyl (C=O) groups is 1. The van der Waals surface area contributed by atoms with Gasteiger partial charge in [0.05, 0.1) is 6.26 Å². The minimum absolute atomic E-state index is 0.247. The van der Waals surface area contributed by atoms with Gasteiger partial charge in [0.15, 0.2) is 0 Å². The van der Waals surface area contributed by atoms with Gasteiger partial charge in [-0.2, -0.15) is 0 Å². The van der Waals surface area contributed by atoms with Crippen LogP contribution in [0.5, 0.6) is 0 Å². The van der Waals surface area contributed by atoms with Crippen molar-refractivity contribution in [2.24, 2.45) is 5.41 Å². The summed E-state index contributed by atoms with van der Waals surface area (Å²) in [5.74, 6) is -0.310. The molecule has 0 unspecified atom stereocenters. The molecule has 0 N–H and O–H groups in total. The molecule has 1 aliphatic carbocycles. The molecule has 0 bridgehead atoms. The maximum Gasteiger partial charge on any atom is 0.336 e. The number of rotatable bonds is 4. The van der Waals surface area contributed by atoms with Gasteiger partial charge in [-0.15, -0.1) is 0 Å². The monoisotopic (exact) mass is 288 g/mol. The van der Waals surface area contributed by atoms with Gasteiger partial charge in [0.2, 0.25) is 0 Å². The van der Waals surface area contributed by atoms with E-state index in [1.807, 2.05) is 13.0 Å². The van der Waals surface area contributed by atoms with E-state index >= 15 is 0 Å². The molecule has 0 amide bonds. The first kappa shape index (κ1) is 15.6. The van der Waals surface area contributed by atoms with Crippen LogP contribution in [0.2, 0.25) is 0 Å². The minimum Gasteiger partial charge on any atom is -0.458 e. The highest BCUT2D eigenvalue weighted by Gasteiger charge is 2.24. The average molecular weight is 288 g/mol. The third-order valence-corrected chi connectivity index (χ3v) is 4.00. The highest BCUT2D eigenvalue weighted by molar-refractivity contribution is 5.89. The predicted octanol–water partition coefficient (Wildman–Crippen LogP) is 4.43. The van der Waals surface area contributed by atoms with E-state index in [1.165, 1.54) is 18.4 Å². The third-order valence-electron chi connectivity index (χ3n) is 4.00. The van der Waals surface area contributed by atoms with Crippen molar-refractivity contribution in [1.29, 1.82) is 0 Å². The fourth-order valence-electron chi connectivity index (χ4n) is 2.52. The van der Waals surface area contributed by atoms with Gasteiger partial charge in [-0.25, -0.2) is 4.79 Å². The number of allylic oxidation sites excluding steroid dienone is 5. The standard InChI is InChI=1S/C18H24O3/c1-13(12-20-16-11-14(2)17(19)21-16)8-9-15-7-5-6-10-18(15,3)4/h7-9,11-12,16H,5-6,10H2,1-4H3/b9-8+,13-12-/t16-/m1/s1. The molecule has 0 radical (unpaired) electrons. The van der Waals surface area contributed by atoms with E-state index in [2.05, 4.69) is 26.0 Å². The molecule has 0 saturated heterocycles. The Labute approximate surface area is 127 Å². The summed E-state index contributed by atoms with van der Waals surface area (Å²) in [5.41, 5.74) is 3.21. The van der Waals surface area contributed by atoms with Crippen molar-refractivity contribution in [2.45, 2.75) is 53.2 Å². The lowest BCUT2D eigenvalue weighted by molar-refractivity contribution is -0.152. The lowest BCUT2D eigenvalue weighted by atomic mass is 9.75. The van der Waals surface area contributed by atoms with Crippen molar-refractivity contribution < 1.29 is 14.3 Å². The Balaban J connectivity index is 1.93. The third kappa shape index (κ3) is 4.10. The topological polar surface area (TPSA) is 35.5 Å². The predicted molar refractivity (Wildman–Crippen MR) is 83.3 cm³/mol. The van der Waals surface area contributed by atoms with Gasteiger partial charge in [-0.05, 0) is 49.7 Å². The molecule has 1 atom stereocenters. The molecule has 2 rings (SSSR count). The second-order valence-electron chi connectivity index (χ2n) is 6.39. The Morgan fingerprint density at radius 2 is 2.24 bits per heavy atom. The second-order valence-corrected chi connectivity index (χ2v) is 6.39. The first-order valence-electron chi connectivity index (χ1n) is 7.49. The summed E-state index contributed by atoms with van der Waals surface area (Å²) in [5, 5.41) is 0. The van der Waals surface area contributed by atoms with E-state index in [0.717, 1.165) is 12.0 Å². The summed E-state index contributed by atoms with van der Waals surface area (Å²) < 4.78 is 10.5. The molecule has 0 spiro atoms. The summed E-state index contributed by atoms with van der Waals surface area (Å²) in [7, 11) is 0. The first-order chi connectivity index (χ1) is 9.88. The van der Waals surface area contributed by atoms with Crippen molar-refractivity contribution in [3.8, 4) is 0 Å². The Kier molecular flexibility index (Phi) is 4.71. The molecule has 21 heavy (non-hydrogen) atoms. The van der Waals surface area contributed by atoms with Gasteiger partial charge in [-0.3, -0.25) is 0 Å². The number of esters is 1. The number of cyclic esters (lactones) is 1. The van der Waals surface area contributed by atoms with Gasteiger partial charge >= 0.3 is 5.97 Å². The smallest absolute Gasteiger partial charge is 0.336 e. The molecule has 3 nitrogen and oxygen atoms in total. The van der Waals surface area contributed by atoms with Crippen LogP contribution in [0.4, 0.5) is 0 Å². The van der Waals surface area contributed by atoms with Crippen molar-refractivity contribution in [1.82, 2.24) is 0 Å². The van der Waals surface area contributed by atoms with Crippen LogP contribution < -0.4 is 0 Å². The van der Waals surface area contributed by atoms with Gasteiger partial charge in [0.1, 0.15) is 0 Å². The van der Waals surface area contributed by atoms with Crippen LogP contribution in [0.1, 0.15) is 47.0 Å². The molecule has 3 heteroatoms. The summed E-state index contributed by atoms with van der Waals surface area (Å²) in [6.07, 6.45) is 12.9. The van der Waals surface area contributed by atoms with Gasteiger partial charge < -0.3 is 9.47 Å². The fourth-order valence-corrected chi connectivity index (χ4v) is 2.52. The molecule has 0 aromatic carbocycles. The lowest BCUT2D eigenvalue weighted by Crippen LogP contribution is -2.16. The Hall–Kier alpha value is -1.77. The van der Waals surface area contributed by atoms with Crippen LogP contribution in [0, 0.1) is 5.41 Å². The highest BCUT2D eigenvalue weighted by Crippen LogP contribution is 2.37. The van der Waals surface area contributed by atoms with E-state index in [0.29, 0.717) is 5.57 Å².